The van der Waals surface area contributed by atoms with Crippen LogP contribution in [0, 0.1) is 0 Å². The summed E-state index contributed by atoms with van der Waals surface area (Å²) in [6.45, 7) is 3.22. The lowest BCUT2D eigenvalue weighted by Crippen LogP contribution is -2.31. The van der Waals surface area contributed by atoms with Gasteiger partial charge in [-0.15, -0.1) is 0 Å². The molecule has 0 bridgehead atoms. The van der Waals surface area contributed by atoms with Gasteiger partial charge in [0.05, 0.1) is 0 Å². The van der Waals surface area contributed by atoms with E-state index >= 15 is 0 Å². The molecule has 0 saturated carbocycles. The Morgan fingerprint density at radius 2 is 0.927 bits per heavy atom. The van der Waals surface area contributed by atoms with Crippen molar-refractivity contribution in [1.82, 2.24) is 25.8 Å². The van der Waals surface area contributed by atoms with Gasteiger partial charge in [0.1, 0.15) is 0 Å². The number of hydroxylamine groups is 6. The molecular weight excluding hydrogens is 574 g/mol. The fourth-order valence-electron chi connectivity index (χ4n) is 3.45. The molecule has 0 aliphatic rings. The third-order valence-electron chi connectivity index (χ3n) is 5.88. The topological polar surface area (TPSA) is 206 Å². The van der Waals surface area contributed by atoms with Crippen molar-refractivity contribution in [2.45, 2.75) is 90.4 Å². The Balaban J connectivity index is -0.00000722. The van der Waals surface area contributed by atoms with Crippen LogP contribution in [0.2, 0.25) is 0 Å². The minimum absolute atomic E-state index is 0. The molecule has 14 nitrogen and oxygen atoms in total. The maximum atomic E-state index is 12.0. The van der Waals surface area contributed by atoms with Crippen molar-refractivity contribution in [3.05, 3.63) is 0 Å². The highest BCUT2D eigenvalue weighted by atomic mass is 31.0. The van der Waals surface area contributed by atoms with Gasteiger partial charge in [0, 0.05) is 65.3 Å². The van der Waals surface area contributed by atoms with Gasteiger partial charge in [-0.25, -0.2) is 15.2 Å². The van der Waals surface area contributed by atoms with Gasteiger partial charge in [0.2, 0.25) is 29.5 Å². The number of amides is 5. The van der Waals surface area contributed by atoms with E-state index in [0.717, 1.165) is 19.3 Å². The van der Waals surface area contributed by atoms with Crippen LogP contribution < -0.4 is 16.4 Å². The molecule has 0 aliphatic heterocycles. The van der Waals surface area contributed by atoms with Gasteiger partial charge < -0.3 is 16.4 Å². The molecule has 2 atom stereocenters. The molecule has 5 amide bonds. The summed E-state index contributed by atoms with van der Waals surface area (Å²) >= 11 is 0. The Morgan fingerprint density at radius 3 is 1.29 bits per heavy atom. The van der Waals surface area contributed by atoms with Crippen molar-refractivity contribution >= 4 is 49.3 Å². The molecule has 7 N–H and O–H groups in total. The molecule has 0 aromatic carbocycles. The monoisotopic (exact) mass is 628 g/mol. The van der Waals surface area contributed by atoms with E-state index in [1.165, 1.54) is 6.92 Å². The number of rotatable bonds is 23. The fourth-order valence-corrected chi connectivity index (χ4v) is 3.45. The van der Waals surface area contributed by atoms with Crippen LogP contribution in [-0.2, 0) is 24.0 Å². The number of hydrogen-bond acceptors (Lipinski definition) is 9. The standard InChI is InChI=1S/C25H48N6O8.2H3P/c1-21(32)29(37)18-9-3-6-16-27-22(33)12-14-25(36)31(39)20-10-4-7-17-28-23(34)11-13-24(35)30(38)19-8-2-5-15-26;;/h37-39H,2-20,26H2,1H3,(H,27,33)(H,28,34);2*1H3. The Bertz CT molecular complexity index is 751. The predicted molar refractivity (Wildman–Crippen MR) is 163 cm³/mol. The first-order chi connectivity index (χ1) is 18.6. The Labute approximate surface area is 250 Å². The molecule has 0 aromatic rings. The zero-order chi connectivity index (χ0) is 29.5. The van der Waals surface area contributed by atoms with Crippen molar-refractivity contribution in [3.8, 4) is 0 Å². The minimum atomic E-state index is -0.548. The molecule has 242 valence electrons. The number of carbonyl (C=O) groups is 5. The van der Waals surface area contributed by atoms with E-state index in [1.54, 1.807) is 0 Å². The van der Waals surface area contributed by atoms with Crippen LogP contribution in [0.5, 0.6) is 0 Å². The number of carbonyl (C=O) groups excluding carboxylic acids is 5. The molecule has 0 heterocycles. The van der Waals surface area contributed by atoms with Gasteiger partial charge >= 0.3 is 0 Å². The first-order valence-corrected chi connectivity index (χ1v) is 13.8. The summed E-state index contributed by atoms with van der Waals surface area (Å²) in [5, 5.41) is 36.1. The summed E-state index contributed by atoms with van der Waals surface area (Å²) in [5.41, 5.74) is 5.39. The summed E-state index contributed by atoms with van der Waals surface area (Å²) in [7, 11) is 0. The van der Waals surface area contributed by atoms with Crippen molar-refractivity contribution in [1.29, 1.82) is 0 Å². The molecule has 41 heavy (non-hydrogen) atoms. The fraction of sp³-hybridized carbons (Fsp3) is 0.800. The molecule has 2 unspecified atom stereocenters. The smallest absolute Gasteiger partial charge is 0.246 e. The molecule has 0 rings (SSSR count). The molecule has 0 aromatic heterocycles. The second-order valence-corrected chi connectivity index (χ2v) is 9.35. The average molecular weight is 629 g/mol. The highest BCUT2D eigenvalue weighted by Gasteiger charge is 2.14. The maximum Gasteiger partial charge on any atom is 0.246 e. The Kier molecular flexibility index (Phi) is 29.9. The SMILES string of the molecule is CC(=O)N(O)CCCCCNC(=O)CCC(=O)N(O)CCCCCNC(=O)CCC(=O)N(O)CCCCCN.P.P. The van der Waals surface area contributed by atoms with E-state index in [-0.39, 0.29) is 76.9 Å². The van der Waals surface area contributed by atoms with Gasteiger partial charge in [-0.3, -0.25) is 39.6 Å². The number of unbranched alkanes of at least 4 members (excludes halogenated alkanes) is 6. The lowest BCUT2D eigenvalue weighted by atomic mass is 10.2. The van der Waals surface area contributed by atoms with Gasteiger partial charge in [0.15, 0.2) is 0 Å². The average Bonchev–Trinajstić information content (AvgIpc) is 2.91. The van der Waals surface area contributed by atoms with E-state index in [2.05, 4.69) is 10.6 Å². The van der Waals surface area contributed by atoms with E-state index in [9.17, 15) is 39.6 Å². The number of nitrogens with two attached hydrogens (primary N) is 1. The summed E-state index contributed by atoms with van der Waals surface area (Å²) < 4.78 is 0. The van der Waals surface area contributed by atoms with Crippen LogP contribution in [0.4, 0.5) is 0 Å². The van der Waals surface area contributed by atoms with Crippen LogP contribution in [0.3, 0.4) is 0 Å². The number of nitrogens with one attached hydrogen (secondary N) is 2. The van der Waals surface area contributed by atoms with Gasteiger partial charge in [0.25, 0.3) is 0 Å². The van der Waals surface area contributed by atoms with E-state index in [0.29, 0.717) is 73.3 Å². The molecule has 16 heteroatoms. The lowest BCUT2D eigenvalue weighted by Gasteiger charge is -2.15. The van der Waals surface area contributed by atoms with Crippen LogP contribution in [0.25, 0.3) is 0 Å². The summed E-state index contributed by atoms with van der Waals surface area (Å²) in [6.07, 6.45) is 5.84. The predicted octanol–water partition coefficient (Wildman–Crippen LogP) is 1.04. The maximum absolute atomic E-state index is 12.0. The van der Waals surface area contributed by atoms with Crippen molar-refractivity contribution in [3.63, 3.8) is 0 Å². The Hall–Kier alpha value is -1.95. The summed E-state index contributed by atoms with van der Waals surface area (Å²) in [6, 6.07) is 0. The molecule has 0 radical (unpaired) electrons. The molecule has 0 aliphatic carbocycles. The molecule has 0 spiro atoms. The quantitative estimate of drug-likeness (QED) is 0.0413. The number of hydrogen-bond donors (Lipinski definition) is 6. The molecular formula is C25H54N6O8P2. The van der Waals surface area contributed by atoms with Crippen LogP contribution in [0.1, 0.15) is 90.4 Å². The lowest BCUT2D eigenvalue weighted by molar-refractivity contribution is -0.166. The van der Waals surface area contributed by atoms with Gasteiger partial charge in [-0.1, -0.05) is 6.42 Å². The number of nitrogens with zero attached hydrogens (tertiary/aromatic N) is 3. The minimum Gasteiger partial charge on any atom is -0.356 e. The van der Waals surface area contributed by atoms with E-state index < -0.39 is 17.7 Å². The van der Waals surface area contributed by atoms with Crippen LogP contribution in [-0.4, -0.2) is 99.6 Å². The highest BCUT2D eigenvalue weighted by molar-refractivity contribution is 6.92. The van der Waals surface area contributed by atoms with Crippen molar-refractivity contribution in [2.24, 2.45) is 5.73 Å². The molecule has 0 fully saturated rings. The zero-order valence-corrected chi connectivity index (χ0v) is 27.5. The van der Waals surface area contributed by atoms with Gasteiger partial charge in [-0.2, -0.15) is 19.8 Å². The molecule has 0 saturated heterocycles. The summed E-state index contributed by atoms with van der Waals surface area (Å²) in [5.74, 6) is -2.05. The largest absolute Gasteiger partial charge is 0.356 e. The highest BCUT2D eigenvalue weighted by Crippen LogP contribution is 2.03. The first-order valence-electron chi connectivity index (χ1n) is 13.8. The van der Waals surface area contributed by atoms with E-state index in [4.69, 9.17) is 5.73 Å². The normalized spacial score (nSPS) is 10.1. The van der Waals surface area contributed by atoms with Crippen molar-refractivity contribution < 1.29 is 39.6 Å². The third kappa shape index (κ3) is 25.5. The van der Waals surface area contributed by atoms with Crippen LogP contribution >= 0.6 is 19.8 Å². The second kappa shape index (κ2) is 28.2. The van der Waals surface area contributed by atoms with Crippen molar-refractivity contribution in [2.75, 3.05) is 39.3 Å². The third-order valence-corrected chi connectivity index (χ3v) is 5.88. The first kappa shape index (κ1) is 43.5. The second-order valence-electron chi connectivity index (χ2n) is 9.35. The van der Waals surface area contributed by atoms with Crippen LogP contribution in [0.15, 0.2) is 0 Å². The van der Waals surface area contributed by atoms with Gasteiger partial charge in [-0.05, 0) is 57.9 Å². The Morgan fingerprint density at radius 1 is 0.561 bits per heavy atom. The van der Waals surface area contributed by atoms with E-state index in [1.807, 2.05) is 0 Å². The zero-order valence-electron chi connectivity index (χ0n) is 24.7. The summed E-state index contributed by atoms with van der Waals surface area (Å²) in [4.78, 5) is 58.4.